The number of likely N-dealkylation sites (tertiary alicyclic amines) is 1. The molecule has 0 saturated carbocycles. The van der Waals surface area contributed by atoms with Crippen molar-refractivity contribution in [2.75, 3.05) is 26.3 Å². The van der Waals surface area contributed by atoms with E-state index >= 15 is 0 Å². The zero-order valence-corrected chi connectivity index (χ0v) is 15.5. The lowest BCUT2D eigenvalue weighted by Gasteiger charge is -2.25. The second kappa shape index (κ2) is 10.4. The highest BCUT2D eigenvalue weighted by Crippen LogP contribution is 2.28. The number of hydrogen-bond acceptors (Lipinski definition) is 5. The van der Waals surface area contributed by atoms with Crippen molar-refractivity contribution >= 4 is 18.0 Å². The van der Waals surface area contributed by atoms with Crippen LogP contribution in [0.15, 0.2) is 23.3 Å². The van der Waals surface area contributed by atoms with E-state index in [1.165, 1.54) is 6.21 Å². The number of hydrogen-bond donors (Lipinski definition) is 1. The van der Waals surface area contributed by atoms with Gasteiger partial charge in [0, 0.05) is 13.1 Å². The van der Waals surface area contributed by atoms with Crippen LogP contribution in [0.3, 0.4) is 0 Å². The Hall–Kier alpha value is -2.57. The highest BCUT2D eigenvalue weighted by atomic mass is 16.5. The molecule has 1 aliphatic rings. The van der Waals surface area contributed by atoms with E-state index in [4.69, 9.17) is 9.47 Å². The first kappa shape index (κ1) is 19.8. The minimum absolute atomic E-state index is 0.518. The zero-order valence-electron chi connectivity index (χ0n) is 15.5. The van der Waals surface area contributed by atoms with Gasteiger partial charge < -0.3 is 14.4 Å². The van der Waals surface area contributed by atoms with Crippen molar-refractivity contribution in [3.63, 3.8) is 0 Å². The minimum atomic E-state index is -0.712. The fraction of sp³-hybridized carbons (Fsp3) is 0.526. The average molecular weight is 361 g/mol. The Kier molecular flexibility index (Phi) is 7.92. The molecule has 0 unspecified atom stereocenters. The normalized spacial score (nSPS) is 14.3. The van der Waals surface area contributed by atoms with Crippen LogP contribution in [0.25, 0.3) is 0 Å². The first-order chi connectivity index (χ1) is 12.7. The van der Waals surface area contributed by atoms with Crippen LogP contribution >= 0.6 is 0 Å². The summed E-state index contributed by atoms with van der Waals surface area (Å²) in [6, 6.07) is 5.41. The van der Waals surface area contributed by atoms with E-state index in [1.807, 2.05) is 26.0 Å². The molecule has 1 heterocycles. The Balaban J connectivity index is 1.95. The number of hydrazone groups is 1. The van der Waals surface area contributed by atoms with Crippen molar-refractivity contribution in [2.45, 2.75) is 39.5 Å². The van der Waals surface area contributed by atoms with Crippen molar-refractivity contribution in [3.05, 3.63) is 23.8 Å². The lowest BCUT2D eigenvalue weighted by atomic mass is 10.1. The van der Waals surface area contributed by atoms with Crippen molar-refractivity contribution in [3.8, 4) is 11.5 Å². The van der Waals surface area contributed by atoms with Crippen molar-refractivity contribution in [1.82, 2.24) is 10.3 Å². The van der Waals surface area contributed by atoms with Gasteiger partial charge in [-0.15, -0.1) is 0 Å². The summed E-state index contributed by atoms with van der Waals surface area (Å²) in [6.45, 7) is 6.33. The van der Waals surface area contributed by atoms with Gasteiger partial charge in [-0.05, 0) is 56.4 Å². The van der Waals surface area contributed by atoms with Gasteiger partial charge in [-0.25, -0.2) is 5.43 Å². The third kappa shape index (κ3) is 5.75. The Bertz CT molecular complexity index is 640. The lowest BCUT2D eigenvalue weighted by Crippen LogP contribution is -2.43. The van der Waals surface area contributed by atoms with Gasteiger partial charge in [0.2, 0.25) is 0 Å². The Labute approximate surface area is 154 Å². The Morgan fingerprint density at radius 2 is 1.92 bits per heavy atom. The molecule has 0 bridgehead atoms. The van der Waals surface area contributed by atoms with E-state index in [9.17, 15) is 9.59 Å². The SMILES string of the molecule is CCCOc1ccc(/C=N/NC(=O)C(=O)N2CCCCC2)cc1OCC. The van der Waals surface area contributed by atoms with E-state index in [1.54, 1.807) is 11.0 Å². The number of amides is 2. The molecule has 1 aliphatic heterocycles. The number of carbonyl (C=O) groups excluding carboxylic acids is 2. The molecule has 1 saturated heterocycles. The van der Waals surface area contributed by atoms with Crippen molar-refractivity contribution < 1.29 is 19.1 Å². The molecule has 1 N–H and O–H groups in total. The summed E-state index contributed by atoms with van der Waals surface area (Å²) in [5, 5.41) is 3.88. The molecule has 0 radical (unpaired) electrons. The molecule has 1 aromatic carbocycles. The highest BCUT2D eigenvalue weighted by molar-refractivity contribution is 6.35. The first-order valence-electron chi connectivity index (χ1n) is 9.17. The molecule has 2 amide bonds. The monoisotopic (exact) mass is 361 g/mol. The van der Waals surface area contributed by atoms with Gasteiger partial charge in [0.05, 0.1) is 19.4 Å². The van der Waals surface area contributed by atoms with Crippen LogP contribution in [0.1, 0.15) is 45.1 Å². The van der Waals surface area contributed by atoms with Crippen LogP contribution < -0.4 is 14.9 Å². The topological polar surface area (TPSA) is 80.2 Å². The van der Waals surface area contributed by atoms with Crippen LogP contribution in [0.4, 0.5) is 0 Å². The summed E-state index contributed by atoms with van der Waals surface area (Å²) in [6.07, 6.45) is 5.37. The Morgan fingerprint density at radius 1 is 1.15 bits per heavy atom. The number of ether oxygens (including phenoxy) is 2. The molecular formula is C19H27N3O4. The van der Waals surface area contributed by atoms with Gasteiger partial charge in [0.15, 0.2) is 11.5 Å². The van der Waals surface area contributed by atoms with E-state index in [0.29, 0.717) is 37.8 Å². The zero-order chi connectivity index (χ0) is 18.8. The second-order valence-electron chi connectivity index (χ2n) is 6.04. The predicted octanol–water partition coefficient (Wildman–Crippen LogP) is 2.34. The number of rotatable bonds is 7. The van der Waals surface area contributed by atoms with Gasteiger partial charge in [-0.2, -0.15) is 5.10 Å². The molecule has 0 spiro atoms. The van der Waals surface area contributed by atoms with E-state index in [0.717, 1.165) is 31.2 Å². The molecule has 7 nitrogen and oxygen atoms in total. The minimum Gasteiger partial charge on any atom is -0.490 e. The van der Waals surface area contributed by atoms with Gasteiger partial charge in [0.1, 0.15) is 0 Å². The van der Waals surface area contributed by atoms with E-state index < -0.39 is 11.8 Å². The van der Waals surface area contributed by atoms with Crippen molar-refractivity contribution in [1.29, 1.82) is 0 Å². The summed E-state index contributed by atoms with van der Waals surface area (Å²) >= 11 is 0. The first-order valence-corrected chi connectivity index (χ1v) is 9.17. The molecule has 142 valence electrons. The average Bonchev–Trinajstić information content (AvgIpc) is 2.67. The third-order valence-corrected chi connectivity index (χ3v) is 3.95. The highest BCUT2D eigenvalue weighted by Gasteiger charge is 2.22. The summed E-state index contributed by atoms with van der Waals surface area (Å²) in [7, 11) is 0. The number of benzene rings is 1. The predicted molar refractivity (Wildman–Crippen MR) is 99.6 cm³/mol. The summed E-state index contributed by atoms with van der Waals surface area (Å²) in [4.78, 5) is 25.5. The van der Waals surface area contributed by atoms with Crippen LogP contribution in [0, 0.1) is 0 Å². The van der Waals surface area contributed by atoms with Crippen LogP contribution in [-0.4, -0.2) is 49.2 Å². The van der Waals surface area contributed by atoms with Gasteiger partial charge in [-0.1, -0.05) is 6.92 Å². The maximum atomic E-state index is 12.0. The fourth-order valence-corrected chi connectivity index (χ4v) is 2.66. The van der Waals surface area contributed by atoms with Crippen molar-refractivity contribution in [2.24, 2.45) is 5.10 Å². The maximum absolute atomic E-state index is 12.0. The molecule has 2 rings (SSSR count). The number of carbonyl (C=O) groups is 2. The Morgan fingerprint density at radius 3 is 2.62 bits per heavy atom. The van der Waals surface area contributed by atoms with Crippen LogP contribution in [0.2, 0.25) is 0 Å². The van der Waals surface area contributed by atoms with Crippen LogP contribution in [-0.2, 0) is 9.59 Å². The largest absolute Gasteiger partial charge is 0.490 e. The second-order valence-corrected chi connectivity index (χ2v) is 6.04. The molecule has 7 heteroatoms. The standard InChI is InChI=1S/C19H27N3O4/c1-3-12-26-16-9-8-15(13-17(16)25-4-2)14-20-21-18(23)19(24)22-10-6-5-7-11-22/h8-9,13-14H,3-7,10-12H2,1-2H3,(H,21,23)/b20-14+. The summed E-state index contributed by atoms with van der Waals surface area (Å²) < 4.78 is 11.2. The molecular weight excluding hydrogens is 334 g/mol. The third-order valence-electron chi connectivity index (χ3n) is 3.95. The molecule has 26 heavy (non-hydrogen) atoms. The lowest BCUT2D eigenvalue weighted by molar-refractivity contribution is -0.146. The van der Waals surface area contributed by atoms with E-state index in [2.05, 4.69) is 10.5 Å². The van der Waals surface area contributed by atoms with Gasteiger partial charge in [0.25, 0.3) is 0 Å². The molecule has 0 aliphatic carbocycles. The molecule has 0 atom stereocenters. The quantitative estimate of drug-likeness (QED) is 0.459. The fourth-order valence-electron chi connectivity index (χ4n) is 2.66. The van der Waals surface area contributed by atoms with Crippen LogP contribution in [0.5, 0.6) is 11.5 Å². The number of nitrogens with one attached hydrogen (secondary N) is 1. The molecule has 1 fully saturated rings. The number of nitrogens with zero attached hydrogens (tertiary/aromatic N) is 2. The smallest absolute Gasteiger partial charge is 0.329 e. The van der Waals surface area contributed by atoms with Gasteiger partial charge in [-0.3, -0.25) is 9.59 Å². The van der Waals surface area contributed by atoms with Gasteiger partial charge >= 0.3 is 11.8 Å². The van der Waals surface area contributed by atoms with E-state index in [-0.39, 0.29) is 0 Å². The molecule has 1 aromatic rings. The summed E-state index contributed by atoms with van der Waals surface area (Å²) in [5.41, 5.74) is 3.03. The molecule has 0 aromatic heterocycles. The summed E-state index contributed by atoms with van der Waals surface area (Å²) in [5.74, 6) is 0.0621. The number of piperidine rings is 1. The maximum Gasteiger partial charge on any atom is 0.329 e.